The molecule has 1 amide bonds. The fourth-order valence-electron chi connectivity index (χ4n) is 2.53. The van der Waals surface area contributed by atoms with Crippen LogP contribution in [-0.4, -0.2) is 28.3 Å². The Kier molecular flexibility index (Phi) is 5.96. The fourth-order valence-corrected chi connectivity index (χ4v) is 3.24. The monoisotopic (exact) mass is 367 g/mol. The van der Waals surface area contributed by atoms with Crippen LogP contribution in [0, 0.1) is 0 Å². The van der Waals surface area contributed by atoms with E-state index in [1.807, 2.05) is 66.2 Å². The first-order chi connectivity index (χ1) is 12.7. The molecule has 2 aromatic carbocycles. The predicted octanol–water partition coefficient (Wildman–Crippen LogP) is 3.85. The summed E-state index contributed by atoms with van der Waals surface area (Å²) >= 11 is 1.51. The van der Waals surface area contributed by atoms with E-state index in [-0.39, 0.29) is 11.9 Å². The van der Waals surface area contributed by atoms with Crippen LogP contribution in [0.25, 0.3) is 5.69 Å². The molecule has 6 heteroatoms. The summed E-state index contributed by atoms with van der Waals surface area (Å²) in [6.45, 7) is 1.99. The average Bonchev–Trinajstić information content (AvgIpc) is 3.21. The Bertz CT molecular complexity index is 831. The lowest BCUT2D eigenvalue weighted by Gasteiger charge is -2.15. The Balaban J connectivity index is 1.51. The van der Waals surface area contributed by atoms with E-state index in [9.17, 15) is 4.79 Å². The summed E-state index contributed by atoms with van der Waals surface area (Å²) in [6.07, 6.45) is 5.41. The number of nitrogens with one attached hydrogen (secondary N) is 1. The number of imidazole rings is 1. The third-order valence-corrected chi connectivity index (χ3v) is 5.01. The number of ether oxygens (including phenoxy) is 1. The van der Waals surface area contributed by atoms with Gasteiger partial charge in [-0.3, -0.25) is 4.79 Å². The molecule has 0 saturated heterocycles. The van der Waals surface area contributed by atoms with Gasteiger partial charge in [0.25, 0.3) is 0 Å². The van der Waals surface area contributed by atoms with E-state index in [0.29, 0.717) is 5.75 Å². The summed E-state index contributed by atoms with van der Waals surface area (Å²) in [5.74, 6) is 1.20. The van der Waals surface area contributed by atoms with Crippen molar-refractivity contribution in [2.24, 2.45) is 0 Å². The van der Waals surface area contributed by atoms with Crippen LogP contribution in [0.5, 0.6) is 5.75 Å². The highest BCUT2D eigenvalue weighted by Gasteiger charge is 2.10. The number of thioether (sulfide) groups is 1. The van der Waals surface area contributed by atoms with Crippen LogP contribution in [0.4, 0.5) is 0 Å². The van der Waals surface area contributed by atoms with E-state index < -0.39 is 0 Å². The van der Waals surface area contributed by atoms with Gasteiger partial charge in [-0.2, -0.15) is 0 Å². The molecule has 1 aromatic heterocycles. The van der Waals surface area contributed by atoms with E-state index in [0.717, 1.165) is 21.9 Å². The van der Waals surface area contributed by atoms with E-state index in [4.69, 9.17) is 4.74 Å². The number of methoxy groups -OCH3 is 1. The number of rotatable bonds is 7. The van der Waals surface area contributed by atoms with Gasteiger partial charge in [0, 0.05) is 23.0 Å². The summed E-state index contributed by atoms with van der Waals surface area (Å²) in [5.41, 5.74) is 2.11. The van der Waals surface area contributed by atoms with Crippen molar-refractivity contribution in [3.05, 3.63) is 72.8 Å². The van der Waals surface area contributed by atoms with Crippen LogP contribution in [0.2, 0.25) is 0 Å². The number of aromatic nitrogens is 2. The van der Waals surface area contributed by atoms with E-state index in [2.05, 4.69) is 10.3 Å². The van der Waals surface area contributed by atoms with E-state index >= 15 is 0 Å². The van der Waals surface area contributed by atoms with Crippen molar-refractivity contribution in [2.45, 2.75) is 17.9 Å². The van der Waals surface area contributed by atoms with Crippen molar-refractivity contribution in [1.82, 2.24) is 14.9 Å². The van der Waals surface area contributed by atoms with Crippen molar-refractivity contribution in [2.75, 3.05) is 12.9 Å². The molecule has 3 aromatic rings. The number of carbonyl (C=O) groups is 1. The largest absolute Gasteiger partial charge is 0.497 e. The lowest BCUT2D eigenvalue weighted by molar-refractivity contribution is -0.119. The first-order valence-electron chi connectivity index (χ1n) is 8.30. The minimum atomic E-state index is -0.0456. The molecule has 5 nitrogen and oxygen atoms in total. The maximum Gasteiger partial charge on any atom is 0.230 e. The SMILES string of the molecule is COc1ccc(SCC(=O)N[C@H](C)c2ccc(-n3ccnc3)cc2)cc1. The first-order valence-corrected chi connectivity index (χ1v) is 9.29. The molecule has 0 bridgehead atoms. The third kappa shape index (κ3) is 4.67. The molecular formula is C20H21N3O2S. The summed E-state index contributed by atoms with van der Waals surface area (Å²) < 4.78 is 7.08. The molecule has 3 rings (SSSR count). The molecule has 1 atom stereocenters. The van der Waals surface area contributed by atoms with Crippen LogP contribution >= 0.6 is 11.8 Å². The molecule has 1 N–H and O–H groups in total. The minimum absolute atomic E-state index is 0.0111. The number of amides is 1. The van der Waals surface area contributed by atoms with Crippen LogP contribution in [0.15, 0.2) is 72.1 Å². The van der Waals surface area contributed by atoms with Crippen LogP contribution in [-0.2, 0) is 4.79 Å². The highest BCUT2D eigenvalue weighted by Crippen LogP contribution is 2.21. The second-order valence-corrected chi connectivity index (χ2v) is 6.86. The van der Waals surface area contributed by atoms with Gasteiger partial charge in [-0.25, -0.2) is 4.98 Å². The zero-order valence-electron chi connectivity index (χ0n) is 14.8. The molecule has 134 valence electrons. The second kappa shape index (κ2) is 8.58. The molecule has 0 radical (unpaired) electrons. The lowest BCUT2D eigenvalue weighted by Crippen LogP contribution is -2.28. The number of carbonyl (C=O) groups excluding carboxylic acids is 1. The molecule has 0 saturated carbocycles. The quantitative estimate of drug-likeness (QED) is 0.645. The number of hydrogen-bond acceptors (Lipinski definition) is 4. The van der Waals surface area contributed by atoms with Crippen LogP contribution < -0.4 is 10.1 Å². The molecule has 0 unspecified atom stereocenters. The van der Waals surface area contributed by atoms with Crippen LogP contribution in [0.1, 0.15) is 18.5 Å². The molecule has 0 aliphatic carbocycles. The average molecular weight is 367 g/mol. The molecule has 0 aliphatic heterocycles. The normalized spacial score (nSPS) is 11.8. The van der Waals surface area contributed by atoms with Gasteiger partial charge in [0.15, 0.2) is 0 Å². The van der Waals surface area contributed by atoms with Crippen molar-refractivity contribution in [1.29, 1.82) is 0 Å². The zero-order chi connectivity index (χ0) is 18.4. The Labute approximate surface area is 157 Å². The Morgan fingerprint density at radius 3 is 2.54 bits per heavy atom. The van der Waals surface area contributed by atoms with Crippen molar-refractivity contribution in [3.63, 3.8) is 0 Å². The number of benzene rings is 2. The smallest absolute Gasteiger partial charge is 0.230 e. The van der Waals surface area contributed by atoms with Crippen molar-refractivity contribution in [3.8, 4) is 11.4 Å². The second-order valence-electron chi connectivity index (χ2n) is 5.81. The van der Waals surface area contributed by atoms with E-state index in [1.54, 1.807) is 19.6 Å². The van der Waals surface area contributed by atoms with Gasteiger partial charge in [-0.1, -0.05) is 12.1 Å². The predicted molar refractivity (Wildman–Crippen MR) is 104 cm³/mol. The Morgan fingerprint density at radius 1 is 1.19 bits per heavy atom. The summed E-state index contributed by atoms with van der Waals surface area (Å²) in [5, 5.41) is 3.04. The molecule has 0 spiro atoms. The topological polar surface area (TPSA) is 56.1 Å². The lowest BCUT2D eigenvalue weighted by atomic mass is 10.1. The molecular weight excluding hydrogens is 346 g/mol. The van der Waals surface area contributed by atoms with Gasteiger partial charge >= 0.3 is 0 Å². The third-order valence-electron chi connectivity index (χ3n) is 4.00. The van der Waals surface area contributed by atoms with Crippen molar-refractivity contribution >= 4 is 17.7 Å². The van der Waals surface area contributed by atoms with Gasteiger partial charge in [-0.05, 0) is 48.9 Å². The molecule has 0 fully saturated rings. The molecule has 26 heavy (non-hydrogen) atoms. The number of hydrogen-bond donors (Lipinski definition) is 1. The van der Waals surface area contributed by atoms with Gasteiger partial charge in [0.1, 0.15) is 5.75 Å². The van der Waals surface area contributed by atoms with Gasteiger partial charge in [0.2, 0.25) is 5.91 Å². The fraction of sp³-hybridized carbons (Fsp3) is 0.200. The first kappa shape index (κ1) is 18.1. The minimum Gasteiger partial charge on any atom is -0.497 e. The van der Waals surface area contributed by atoms with Gasteiger partial charge < -0.3 is 14.6 Å². The number of nitrogens with zero attached hydrogens (tertiary/aromatic N) is 2. The summed E-state index contributed by atoms with van der Waals surface area (Å²) in [4.78, 5) is 17.3. The van der Waals surface area contributed by atoms with Gasteiger partial charge in [0.05, 0.1) is 25.2 Å². The highest BCUT2D eigenvalue weighted by atomic mass is 32.2. The maximum atomic E-state index is 12.2. The van der Waals surface area contributed by atoms with Crippen LogP contribution in [0.3, 0.4) is 0 Å². The standard InChI is InChI=1S/C20H21N3O2S/c1-15(16-3-5-17(6-4-16)23-12-11-21-14-23)22-20(24)13-26-19-9-7-18(25-2)8-10-19/h3-12,14-15H,13H2,1-2H3,(H,22,24)/t15-/m1/s1. The highest BCUT2D eigenvalue weighted by molar-refractivity contribution is 8.00. The maximum absolute atomic E-state index is 12.2. The molecule has 0 aliphatic rings. The Morgan fingerprint density at radius 2 is 1.92 bits per heavy atom. The Hall–Kier alpha value is -2.73. The molecule has 1 heterocycles. The van der Waals surface area contributed by atoms with E-state index in [1.165, 1.54) is 11.8 Å². The van der Waals surface area contributed by atoms with Crippen molar-refractivity contribution < 1.29 is 9.53 Å². The zero-order valence-corrected chi connectivity index (χ0v) is 15.6. The van der Waals surface area contributed by atoms with Gasteiger partial charge in [-0.15, -0.1) is 11.8 Å². The summed E-state index contributed by atoms with van der Waals surface area (Å²) in [6, 6.07) is 15.7. The summed E-state index contributed by atoms with van der Waals surface area (Å²) in [7, 11) is 1.64.